The minimum atomic E-state index is -0.522. The predicted molar refractivity (Wildman–Crippen MR) is 100 cm³/mol. The summed E-state index contributed by atoms with van der Waals surface area (Å²) in [6, 6.07) is 5.54. The van der Waals surface area contributed by atoms with Gasteiger partial charge in [0.2, 0.25) is 0 Å². The standard InChI is InChI=1S/C18H29BrN2O2/c1-15-12-16(14-17(13-15)21-18(20)22)8-4-7-11-23-10-6-3-2-5-9-19/h12-14H,2-11H2,1H3,(H3,20,21,22). The van der Waals surface area contributed by atoms with Crippen molar-refractivity contribution in [2.75, 3.05) is 23.9 Å². The summed E-state index contributed by atoms with van der Waals surface area (Å²) in [6.07, 6.45) is 8.09. The third-order valence-corrected chi connectivity index (χ3v) is 4.14. The van der Waals surface area contributed by atoms with Crippen molar-refractivity contribution in [3.05, 3.63) is 29.3 Å². The number of carbonyl (C=O) groups excluding carboxylic acids is 1. The zero-order valence-electron chi connectivity index (χ0n) is 14.1. The molecule has 0 bridgehead atoms. The van der Waals surface area contributed by atoms with E-state index < -0.39 is 6.03 Å². The molecular weight excluding hydrogens is 356 g/mol. The fourth-order valence-electron chi connectivity index (χ4n) is 2.51. The molecule has 0 aliphatic rings. The highest BCUT2D eigenvalue weighted by Gasteiger charge is 2.01. The predicted octanol–water partition coefficient (Wildman–Crippen LogP) is 4.78. The summed E-state index contributed by atoms with van der Waals surface area (Å²) in [6.45, 7) is 3.73. The van der Waals surface area contributed by atoms with Crippen molar-refractivity contribution in [2.45, 2.75) is 51.9 Å². The summed E-state index contributed by atoms with van der Waals surface area (Å²) in [7, 11) is 0. The zero-order valence-corrected chi connectivity index (χ0v) is 15.7. The SMILES string of the molecule is Cc1cc(CCCCOCCCCCCBr)cc(NC(N)=O)c1. The molecule has 1 rings (SSSR count). The number of primary amides is 1. The number of carbonyl (C=O) groups is 1. The molecule has 130 valence electrons. The van der Waals surface area contributed by atoms with Gasteiger partial charge >= 0.3 is 6.03 Å². The molecule has 5 heteroatoms. The zero-order chi connectivity index (χ0) is 16.9. The second-order valence-electron chi connectivity index (χ2n) is 5.87. The Hall–Kier alpha value is -1.07. The van der Waals surface area contributed by atoms with Crippen molar-refractivity contribution in [2.24, 2.45) is 5.73 Å². The number of urea groups is 1. The average molecular weight is 385 g/mol. The van der Waals surface area contributed by atoms with Crippen LogP contribution in [-0.4, -0.2) is 24.6 Å². The highest BCUT2D eigenvalue weighted by Crippen LogP contribution is 2.16. The molecule has 0 aliphatic carbocycles. The average Bonchev–Trinajstić information content (AvgIpc) is 2.48. The lowest BCUT2D eigenvalue weighted by Gasteiger charge is -2.08. The molecule has 1 aromatic carbocycles. The van der Waals surface area contributed by atoms with Gasteiger partial charge < -0.3 is 15.8 Å². The molecule has 0 heterocycles. The van der Waals surface area contributed by atoms with Crippen molar-refractivity contribution in [1.29, 1.82) is 0 Å². The number of alkyl halides is 1. The molecule has 0 saturated carbocycles. The molecule has 0 atom stereocenters. The Labute approximate surface area is 148 Å². The van der Waals surface area contributed by atoms with Crippen LogP contribution >= 0.6 is 15.9 Å². The quantitative estimate of drug-likeness (QED) is 0.402. The van der Waals surface area contributed by atoms with Crippen LogP contribution < -0.4 is 11.1 Å². The van der Waals surface area contributed by atoms with Gasteiger partial charge in [-0.25, -0.2) is 4.79 Å². The Morgan fingerprint density at radius 1 is 1.09 bits per heavy atom. The van der Waals surface area contributed by atoms with Crippen molar-refractivity contribution < 1.29 is 9.53 Å². The van der Waals surface area contributed by atoms with Gasteiger partial charge in [0.1, 0.15) is 0 Å². The summed E-state index contributed by atoms with van der Waals surface area (Å²) in [5, 5.41) is 3.74. The first-order valence-electron chi connectivity index (χ1n) is 8.42. The van der Waals surface area contributed by atoms with E-state index in [1.807, 2.05) is 19.1 Å². The topological polar surface area (TPSA) is 64.3 Å². The van der Waals surface area contributed by atoms with Gasteiger partial charge in [0.05, 0.1) is 0 Å². The molecular formula is C18H29BrN2O2. The van der Waals surface area contributed by atoms with E-state index in [4.69, 9.17) is 10.5 Å². The Kier molecular flexibility index (Phi) is 10.7. The van der Waals surface area contributed by atoms with Crippen molar-refractivity contribution in [3.8, 4) is 0 Å². The number of aryl methyl sites for hydroxylation is 2. The Bertz CT molecular complexity index is 466. The molecule has 4 nitrogen and oxygen atoms in total. The number of ether oxygens (including phenoxy) is 1. The van der Waals surface area contributed by atoms with Gasteiger partial charge in [0.15, 0.2) is 0 Å². The first-order chi connectivity index (χ1) is 11.1. The Morgan fingerprint density at radius 2 is 1.78 bits per heavy atom. The molecule has 3 N–H and O–H groups in total. The second-order valence-corrected chi connectivity index (χ2v) is 6.66. The lowest BCUT2D eigenvalue weighted by Crippen LogP contribution is -2.19. The first kappa shape index (κ1) is 20.0. The number of amides is 2. The minimum Gasteiger partial charge on any atom is -0.381 e. The largest absolute Gasteiger partial charge is 0.381 e. The summed E-state index contributed by atoms with van der Waals surface area (Å²) in [4.78, 5) is 10.9. The highest BCUT2D eigenvalue weighted by atomic mass is 79.9. The summed E-state index contributed by atoms with van der Waals surface area (Å²) in [5.41, 5.74) is 8.29. The van der Waals surface area contributed by atoms with Crippen LogP contribution in [0.5, 0.6) is 0 Å². The number of unbranched alkanes of at least 4 members (excludes halogenated alkanes) is 4. The summed E-state index contributed by atoms with van der Waals surface area (Å²) in [5.74, 6) is 0. The maximum absolute atomic E-state index is 10.9. The molecule has 23 heavy (non-hydrogen) atoms. The van der Waals surface area contributed by atoms with Crippen LogP contribution in [0.15, 0.2) is 18.2 Å². The van der Waals surface area contributed by atoms with E-state index in [-0.39, 0.29) is 0 Å². The third-order valence-electron chi connectivity index (χ3n) is 3.58. The van der Waals surface area contributed by atoms with Crippen LogP contribution in [0.4, 0.5) is 10.5 Å². The molecule has 0 radical (unpaired) electrons. The number of nitrogens with two attached hydrogens (primary N) is 1. The van der Waals surface area contributed by atoms with Gasteiger partial charge in [-0.2, -0.15) is 0 Å². The molecule has 0 aromatic heterocycles. The number of anilines is 1. The molecule has 0 fully saturated rings. The van der Waals surface area contributed by atoms with E-state index >= 15 is 0 Å². The van der Waals surface area contributed by atoms with Crippen LogP contribution in [0.2, 0.25) is 0 Å². The van der Waals surface area contributed by atoms with Crippen molar-refractivity contribution in [1.82, 2.24) is 0 Å². The molecule has 1 aromatic rings. The number of nitrogens with one attached hydrogen (secondary N) is 1. The fourth-order valence-corrected chi connectivity index (χ4v) is 2.91. The second kappa shape index (κ2) is 12.4. The van der Waals surface area contributed by atoms with Gasteiger partial charge in [-0.05, 0) is 62.3 Å². The van der Waals surface area contributed by atoms with E-state index in [1.54, 1.807) is 0 Å². The monoisotopic (exact) mass is 384 g/mol. The van der Waals surface area contributed by atoms with Gasteiger partial charge in [0, 0.05) is 24.2 Å². The maximum Gasteiger partial charge on any atom is 0.316 e. The number of halogens is 1. The third kappa shape index (κ3) is 10.3. The van der Waals surface area contributed by atoms with Gasteiger partial charge in [0.25, 0.3) is 0 Å². The maximum atomic E-state index is 10.9. The van der Waals surface area contributed by atoms with Crippen LogP contribution in [0.1, 0.15) is 49.7 Å². The number of hydrogen-bond acceptors (Lipinski definition) is 2. The first-order valence-corrected chi connectivity index (χ1v) is 9.54. The Balaban J connectivity index is 2.13. The van der Waals surface area contributed by atoms with E-state index in [0.717, 1.165) is 55.5 Å². The van der Waals surface area contributed by atoms with E-state index in [0.29, 0.717) is 0 Å². The number of benzene rings is 1. The highest BCUT2D eigenvalue weighted by molar-refractivity contribution is 9.09. The molecule has 0 unspecified atom stereocenters. The van der Waals surface area contributed by atoms with Gasteiger partial charge in [-0.1, -0.05) is 34.8 Å². The van der Waals surface area contributed by atoms with E-state index in [2.05, 4.69) is 27.3 Å². The van der Waals surface area contributed by atoms with Gasteiger partial charge in [-0.15, -0.1) is 0 Å². The van der Waals surface area contributed by atoms with Crippen LogP contribution in [0, 0.1) is 6.92 Å². The summed E-state index contributed by atoms with van der Waals surface area (Å²) >= 11 is 3.44. The van der Waals surface area contributed by atoms with Crippen LogP contribution in [0.3, 0.4) is 0 Å². The van der Waals surface area contributed by atoms with Crippen LogP contribution in [-0.2, 0) is 11.2 Å². The number of rotatable bonds is 12. The van der Waals surface area contributed by atoms with Crippen molar-refractivity contribution in [3.63, 3.8) is 0 Å². The minimum absolute atomic E-state index is 0.522. The van der Waals surface area contributed by atoms with Crippen molar-refractivity contribution >= 4 is 27.6 Å². The normalized spacial score (nSPS) is 10.7. The Morgan fingerprint density at radius 3 is 2.48 bits per heavy atom. The van der Waals surface area contributed by atoms with E-state index in [1.165, 1.54) is 24.8 Å². The van der Waals surface area contributed by atoms with E-state index in [9.17, 15) is 4.79 Å². The van der Waals surface area contributed by atoms with Crippen LogP contribution in [0.25, 0.3) is 0 Å². The fraction of sp³-hybridized carbons (Fsp3) is 0.611. The lowest BCUT2D eigenvalue weighted by molar-refractivity contribution is 0.126. The molecule has 2 amide bonds. The number of hydrogen-bond donors (Lipinski definition) is 2. The molecule has 0 saturated heterocycles. The lowest BCUT2D eigenvalue weighted by atomic mass is 10.0. The summed E-state index contributed by atoms with van der Waals surface area (Å²) < 4.78 is 5.67. The molecule has 0 spiro atoms. The smallest absolute Gasteiger partial charge is 0.316 e. The molecule has 0 aliphatic heterocycles. The van der Waals surface area contributed by atoms with Gasteiger partial charge in [-0.3, -0.25) is 0 Å².